The van der Waals surface area contributed by atoms with Crippen LogP contribution in [0, 0.1) is 57.2 Å². The van der Waals surface area contributed by atoms with Crippen molar-refractivity contribution in [2.75, 3.05) is 13.7 Å². The molecular weight excluding hydrogens is 793 g/mol. The SMILES string of the molecule is COC1=CN=CC1.C[C@@H]1[C@H](N)C[C@H]2C(C)(C)CCC[C@]2(C)[C@H]1C(=O)c1cc(O)cc(O)c1.C[C@@H]1[C@H](NCC2=CN=CC2)C[C@H]2C(C)(C)CCC[C@]2(C)[C@H]1C(=O)c1cc(O)cc(O)c1. The van der Waals surface area contributed by atoms with Gasteiger partial charge in [0.1, 0.15) is 28.8 Å². The molecule has 0 bridgehead atoms. The summed E-state index contributed by atoms with van der Waals surface area (Å²) in [6.45, 7) is 19.0. The Kier molecular flexibility index (Phi) is 14.4. The number of nitrogens with one attached hydrogen (secondary N) is 1. The third kappa shape index (κ3) is 10.1. The van der Waals surface area contributed by atoms with E-state index in [0.717, 1.165) is 63.7 Å². The van der Waals surface area contributed by atoms with E-state index in [1.54, 1.807) is 13.3 Å². The number of phenolic OH excluding ortho intramolecular Hbond substituents is 4. The highest BCUT2D eigenvalue weighted by molar-refractivity contribution is 6.00. The van der Waals surface area contributed by atoms with Crippen molar-refractivity contribution in [1.82, 2.24) is 5.32 Å². The first-order valence-corrected chi connectivity index (χ1v) is 23.2. The number of allylic oxidation sites excluding steroid dienone is 1. The summed E-state index contributed by atoms with van der Waals surface area (Å²) in [5.74, 6) is 1.38. The van der Waals surface area contributed by atoms with Gasteiger partial charge in [0.2, 0.25) is 0 Å². The fourth-order valence-corrected chi connectivity index (χ4v) is 13.3. The van der Waals surface area contributed by atoms with Crippen molar-refractivity contribution in [1.29, 1.82) is 0 Å². The van der Waals surface area contributed by atoms with Crippen molar-refractivity contribution in [3.05, 3.63) is 71.3 Å². The Morgan fingerprint density at radius 3 is 1.57 bits per heavy atom. The van der Waals surface area contributed by atoms with Crippen LogP contribution in [0.4, 0.5) is 0 Å². The molecule has 0 unspecified atom stereocenters. The second kappa shape index (κ2) is 18.9. The first kappa shape index (κ1) is 48.0. The second-order valence-corrected chi connectivity index (χ2v) is 21.5. The van der Waals surface area contributed by atoms with Crippen LogP contribution in [0.25, 0.3) is 0 Å². The fraction of sp³-hybridized carbons (Fsp3) is 0.615. The predicted octanol–water partition coefficient (Wildman–Crippen LogP) is 10.1. The van der Waals surface area contributed by atoms with Crippen LogP contribution >= 0.6 is 0 Å². The third-order valence-electron chi connectivity index (χ3n) is 16.5. The summed E-state index contributed by atoms with van der Waals surface area (Å²) >= 11 is 0. The molecule has 0 saturated heterocycles. The van der Waals surface area contributed by atoms with Crippen molar-refractivity contribution in [2.45, 2.75) is 132 Å². The van der Waals surface area contributed by atoms with E-state index in [1.165, 1.54) is 54.8 Å². The van der Waals surface area contributed by atoms with E-state index in [1.807, 2.05) is 18.6 Å². The number of rotatable bonds is 8. The van der Waals surface area contributed by atoms with Gasteiger partial charge in [0.15, 0.2) is 11.6 Å². The Morgan fingerprint density at radius 1 is 0.683 bits per heavy atom. The van der Waals surface area contributed by atoms with Crippen LogP contribution in [0.15, 0.2) is 70.1 Å². The van der Waals surface area contributed by atoms with Gasteiger partial charge in [-0.25, -0.2) is 0 Å². The van der Waals surface area contributed by atoms with Crippen LogP contribution in [-0.4, -0.2) is 70.2 Å². The zero-order valence-corrected chi connectivity index (χ0v) is 39.2. The molecule has 8 rings (SSSR count). The van der Waals surface area contributed by atoms with Crippen molar-refractivity contribution < 1.29 is 34.8 Å². The van der Waals surface area contributed by atoms with Crippen LogP contribution in [-0.2, 0) is 4.74 Å². The number of ketones is 2. The standard InChI is InChI=1S/C26H36N2O3.C21H31NO3.C5H7NO/c1-16-21(28-15-17-6-9-27-14-17)13-22-25(2,3)7-5-8-26(22,4)23(16)24(31)18-10-19(29)12-20(30)11-18;1-12-16(22)11-17-20(2,3)6-5-7-21(17,4)18(12)19(25)13-8-14(23)10-15(24)9-13;1-7-5-2-3-6-4-5/h9-12,14,16,21-23,28-30H,5-8,13,15H2,1-4H3;8-10,12,16-18,23-24H,5-7,11,22H2,1-4H3;3-4H,2H2,1H3/t16-,21-,22+,23-,26+;12-,16-,17+,18-,21+;/m11./s1. The largest absolute Gasteiger partial charge is 0.508 e. The maximum Gasteiger partial charge on any atom is 0.167 e. The Morgan fingerprint density at radius 2 is 1.14 bits per heavy atom. The number of methoxy groups -OCH3 is 1. The summed E-state index contributed by atoms with van der Waals surface area (Å²) in [7, 11) is 1.65. The normalized spacial score (nSPS) is 33.6. The number of fused-ring (bicyclic) bond motifs is 2. The summed E-state index contributed by atoms with van der Waals surface area (Å²) < 4.78 is 4.85. The van der Waals surface area contributed by atoms with Crippen molar-refractivity contribution in [2.24, 2.45) is 72.9 Å². The summed E-state index contributed by atoms with van der Waals surface area (Å²) in [4.78, 5) is 35.4. The molecule has 63 heavy (non-hydrogen) atoms. The minimum atomic E-state index is -0.193. The van der Waals surface area contributed by atoms with Gasteiger partial charge >= 0.3 is 0 Å². The highest BCUT2D eigenvalue weighted by Gasteiger charge is 2.59. The lowest BCUT2D eigenvalue weighted by molar-refractivity contribution is -0.0911. The molecule has 2 aromatic carbocycles. The molecule has 0 spiro atoms. The average Bonchev–Trinajstić information content (AvgIpc) is 3.93. The molecule has 2 aromatic rings. The fourth-order valence-electron chi connectivity index (χ4n) is 13.3. The number of phenols is 4. The summed E-state index contributed by atoms with van der Waals surface area (Å²) in [5, 5.41) is 43.4. The number of hydrogen-bond acceptors (Lipinski definition) is 11. The van der Waals surface area contributed by atoms with E-state index >= 15 is 0 Å². The molecule has 0 amide bonds. The predicted molar refractivity (Wildman–Crippen MR) is 250 cm³/mol. The molecule has 0 aromatic heterocycles. The zero-order valence-electron chi connectivity index (χ0n) is 39.2. The highest BCUT2D eigenvalue weighted by atomic mass is 16.5. The number of carbonyl (C=O) groups is 2. The highest BCUT2D eigenvalue weighted by Crippen LogP contribution is 2.63. The van der Waals surface area contributed by atoms with E-state index < -0.39 is 0 Å². The summed E-state index contributed by atoms with van der Waals surface area (Å²) in [6.07, 6.45) is 17.9. The van der Waals surface area contributed by atoms with Crippen LogP contribution in [0.5, 0.6) is 23.0 Å². The van der Waals surface area contributed by atoms with E-state index in [-0.39, 0.29) is 92.0 Å². The topological polar surface area (TPSA) is 187 Å². The Balaban J connectivity index is 0.000000184. The van der Waals surface area contributed by atoms with Gasteiger partial charge in [-0.2, -0.15) is 0 Å². The molecule has 2 aliphatic heterocycles. The van der Waals surface area contributed by atoms with Gasteiger partial charge in [0, 0.05) is 85.2 Å². The van der Waals surface area contributed by atoms with E-state index in [9.17, 15) is 30.0 Å². The minimum Gasteiger partial charge on any atom is -0.508 e. The maximum atomic E-state index is 13.9. The number of aliphatic imine (C=N–C) groups is 2. The van der Waals surface area contributed by atoms with Crippen molar-refractivity contribution in [3.8, 4) is 23.0 Å². The molecule has 344 valence electrons. The first-order valence-electron chi connectivity index (χ1n) is 23.2. The van der Waals surface area contributed by atoms with Crippen LogP contribution in [0.2, 0.25) is 0 Å². The van der Waals surface area contributed by atoms with Crippen LogP contribution < -0.4 is 11.1 Å². The third-order valence-corrected chi connectivity index (χ3v) is 16.5. The van der Waals surface area contributed by atoms with Gasteiger partial charge in [-0.3, -0.25) is 19.6 Å². The number of Topliss-reactive ketones (excluding diaryl/α,β-unsaturated/α-hetero) is 2. The van der Waals surface area contributed by atoms with Gasteiger partial charge in [0.25, 0.3) is 0 Å². The molecule has 2 heterocycles. The second-order valence-electron chi connectivity index (χ2n) is 21.5. The number of aromatic hydroxyl groups is 4. The average molecular weight is 867 g/mol. The Bertz CT molecular complexity index is 2080. The van der Waals surface area contributed by atoms with E-state index in [0.29, 0.717) is 23.0 Å². The van der Waals surface area contributed by atoms with Crippen molar-refractivity contribution in [3.63, 3.8) is 0 Å². The number of ether oxygens (including phenoxy) is 1. The molecule has 4 aliphatic carbocycles. The zero-order chi connectivity index (χ0) is 46.1. The molecule has 0 radical (unpaired) electrons. The van der Waals surface area contributed by atoms with Gasteiger partial charge in [-0.15, -0.1) is 0 Å². The number of carbonyl (C=O) groups excluding carboxylic acids is 2. The van der Waals surface area contributed by atoms with Crippen molar-refractivity contribution >= 4 is 24.0 Å². The van der Waals surface area contributed by atoms with Crippen LogP contribution in [0.1, 0.15) is 140 Å². The lowest BCUT2D eigenvalue weighted by Crippen LogP contribution is -2.60. The Labute approximate surface area is 375 Å². The van der Waals surface area contributed by atoms with Gasteiger partial charge in [-0.1, -0.05) is 68.2 Å². The quantitative estimate of drug-likeness (QED) is 0.140. The minimum absolute atomic E-state index is 0.000880. The van der Waals surface area contributed by atoms with Gasteiger partial charge in [-0.05, 0) is 114 Å². The van der Waals surface area contributed by atoms with E-state index in [4.69, 9.17) is 10.5 Å². The smallest absolute Gasteiger partial charge is 0.167 e. The lowest BCUT2D eigenvalue weighted by Gasteiger charge is -2.60. The molecule has 4 saturated carbocycles. The van der Waals surface area contributed by atoms with Gasteiger partial charge in [0.05, 0.1) is 13.3 Å². The van der Waals surface area contributed by atoms with Crippen LogP contribution in [0.3, 0.4) is 0 Å². The number of nitrogens with zero attached hydrogens (tertiary/aromatic N) is 2. The molecule has 10 atom stereocenters. The first-order chi connectivity index (χ1) is 29.6. The summed E-state index contributed by atoms with van der Waals surface area (Å²) in [6, 6.07) is 8.67. The molecule has 6 aliphatic rings. The Hall–Kier alpha value is -4.48. The lowest BCUT2D eigenvalue weighted by atomic mass is 9.45. The van der Waals surface area contributed by atoms with Gasteiger partial charge < -0.3 is 36.2 Å². The molecule has 11 nitrogen and oxygen atoms in total. The monoisotopic (exact) mass is 867 g/mol. The maximum absolute atomic E-state index is 13.9. The molecule has 7 N–H and O–H groups in total. The molecular formula is C52H74N4O7. The molecule has 4 fully saturated rings. The number of benzene rings is 2. The molecule has 11 heteroatoms. The number of nitrogens with two attached hydrogens (primary N) is 1. The summed E-state index contributed by atoms with van der Waals surface area (Å²) in [5.41, 5.74) is 8.68. The number of hydrogen-bond donors (Lipinski definition) is 6. The van der Waals surface area contributed by atoms with E-state index in [2.05, 4.69) is 70.7 Å².